The van der Waals surface area contributed by atoms with E-state index in [1.807, 2.05) is 37.3 Å². The van der Waals surface area contributed by atoms with E-state index in [2.05, 4.69) is 15.9 Å². The zero-order valence-corrected chi connectivity index (χ0v) is 12.0. The third kappa shape index (κ3) is 2.96. The van der Waals surface area contributed by atoms with Crippen LogP contribution in [0, 0.1) is 0 Å². The first kappa shape index (κ1) is 13.6. The molecule has 2 rings (SSSR count). The van der Waals surface area contributed by atoms with E-state index in [1.54, 1.807) is 12.1 Å². The van der Waals surface area contributed by atoms with Crippen LogP contribution in [0.25, 0.3) is 11.1 Å². The van der Waals surface area contributed by atoms with Crippen molar-refractivity contribution in [2.45, 2.75) is 6.92 Å². The zero-order chi connectivity index (χ0) is 13.8. The van der Waals surface area contributed by atoms with Gasteiger partial charge in [0.15, 0.2) is 0 Å². The fourth-order valence-electron chi connectivity index (χ4n) is 1.90. The third-order valence-electron chi connectivity index (χ3n) is 2.69. The molecule has 0 unspecified atom stereocenters. The van der Waals surface area contributed by atoms with Crippen molar-refractivity contribution in [2.24, 2.45) is 0 Å². The molecule has 0 atom stereocenters. The van der Waals surface area contributed by atoms with Crippen molar-refractivity contribution in [3.05, 3.63) is 52.5 Å². The molecule has 0 saturated carbocycles. The van der Waals surface area contributed by atoms with Gasteiger partial charge in [0.05, 0.1) is 12.2 Å². The van der Waals surface area contributed by atoms with Crippen LogP contribution in [0.15, 0.2) is 46.9 Å². The number of carbonyl (C=O) groups is 1. The predicted octanol–water partition coefficient (Wildman–Crippen LogP) is 4.21. The Bertz CT molecular complexity index is 608. The van der Waals surface area contributed by atoms with Crippen LogP contribution in [0.3, 0.4) is 0 Å². The standard InChI is InChI=1S/C15H13BrO3/c1-2-19-14-6-4-3-5-12(14)11-8-7-10(16)9-13(11)15(17)18/h3-9H,2H2,1H3,(H,17,18). The lowest BCUT2D eigenvalue weighted by Gasteiger charge is -2.12. The smallest absolute Gasteiger partial charge is 0.336 e. The van der Waals surface area contributed by atoms with Gasteiger partial charge in [-0.15, -0.1) is 0 Å². The summed E-state index contributed by atoms with van der Waals surface area (Å²) in [6.45, 7) is 2.44. The quantitative estimate of drug-likeness (QED) is 0.917. The van der Waals surface area contributed by atoms with Gasteiger partial charge < -0.3 is 9.84 Å². The maximum Gasteiger partial charge on any atom is 0.336 e. The molecule has 3 nitrogen and oxygen atoms in total. The third-order valence-corrected chi connectivity index (χ3v) is 3.18. The number of rotatable bonds is 4. The minimum absolute atomic E-state index is 0.251. The number of hydrogen-bond donors (Lipinski definition) is 1. The number of hydrogen-bond acceptors (Lipinski definition) is 2. The van der Waals surface area contributed by atoms with E-state index < -0.39 is 5.97 Å². The van der Waals surface area contributed by atoms with Gasteiger partial charge in [0.25, 0.3) is 0 Å². The summed E-state index contributed by atoms with van der Waals surface area (Å²) in [5.41, 5.74) is 1.69. The molecule has 4 heteroatoms. The summed E-state index contributed by atoms with van der Waals surface area (Å²) >= 11 is 3.29. The normalized spacial score (nSPS) is 10.2. The predicted molar refractivity (Wildman–Crippen MR) is 77.7 cm³/mol. The van der Waals surface area contributed by atoms with Crippen LogP contribution in [0.1, 0.15) is 17.3 Å². The number of carboxylic acids is 1. The molecule has 0 aromatic heterocycles. The van der Waals surface area contributed by atoms with Gasteiger partial charge in [-0.2, -0.15) is 0 Å². The molecule has 0 radical (unpaired) electrons. The van der Waals surface area contributed by atoms with E-state index in [9.17, 15) is 9.90 Å². The maximum absolute atomic E-state index is 11.4. The van der Waals surface area contributed by atoms with Gasteiger partial charge in [-0.25, -0.2) is 4.79 Å². The second-order valence-electron chi connectivity index (χ2n) is 3.92. The number of para-hydroxylation sites is 1. The van der Waals surface area contributed by atoms with Gasteiger partial charge in [-0.05, 0) is 30.7 Å². The van der Waals surface area contributed by atoms with Gasteiger partial charge in [-0.1, -0.05) is 40.2 Å². The maximum atomic E-state index is 11.4. The summed E-state index contributed by atoms with van der Waals surface area (Å²) < 4.78 is 6.29. The Morgan fingerprint density at radius 3 is 2.63 bits per heavy atom. The molecule has 0 aliphatic carbocycles. The van der Waals surface area contributed by atoms with Crippen molar-refractivity contribution < 1.29 is 14.6 Å². The Balaban J connectivity index is 2.62. The first-order valence-electron chi connectivity index (χ1n) is 5.88. The molecule has 0 amide bonds. The molecular weight excluding hydrogens is 308 g/mol. The number of ether oxygens (including phenoxy) is 1. The summed E-state index contributed by atoms with van der Waals surface area (Å²) in [6.07, 6.45) is 0. The summed E-state index contributed by atoms with van der Waals surface area (Å²) in [4.78, 5) is 11.4. The Morgan fingerprint density at radius 1 is 1.21 bits per heavy atom. The van der Waals surface area contributed by atoms with Crippen LogP contribution >= 0.6 is 15.9 Å². The van der Waals surface area contributed by atoms with Crippen LogP contribution in [-0.4, -0.2) is 17.7 Å². The van der Waals surface area contributed by atoms with Crippen LogP contribution in [0.5, 0.6) is 5.75 Å². The van der Waals surface area contributed by atoms with Gasteiger partial charge in [0.2, 0.25) is 0 Å². The number of halogens is 1. The average Bonchev–Trinajstić information content (AvgIpc) is 2.40. The minimum Gasteiger partial charge on any atom is -0.493 e. The van der Waals surface area contributed by atoms with Crippen molar-refractivity contribution in [2.75, 3.05) is 6.61 Å². The highest BCUT2D eigenvalue weighted by Crippen LogP contribution is 2.33. The summed E-state index contributed by atoms with van der Waals surface area (Å²) in [5, 5.41) is 9.31. The van der Waals surface area contributed by atoms with Crippen LogP contribution in [0.4, 0.5) is 0 Å². The van der Waals surface area contributed by atoms with Gasteiger partial charge in [-0.3, -0.25) is 0 Å². The second-order valence-corrected chi connectivity index (χ2v) is 4.84. The van der Waals surface area contributed by atoms with Crippen LogP contribution < -0.4 is 4.74 Å². The molecular formula is C15H13BrO3. The largest absolute Gasteiger partial charge is 0.493 e. The highest BCUT2D eigenvalue weighted by Gasteiger charge is 2.15. The first-order valence-corrected chi connectivity index (χ1v) is 6.68. The van der Waals surface area contributed by atoms with Crippen molar-refractivity contribution in [1.82, 2.24) is 0 Å². The SMILES string of the molecule is CCOc1ccccc1-c1ccc(Br)cc1C(=O)O. The van der Waals surface area contributed by atoms with Gasteiger partial charge >= 0.3 is 5.97 Å². The lowest BCUT2D eigenvalue weighted by Crippen LogP contribution is -2.01. The molecule has 0 bridgehead atoms. The molecule has 2 aromatic rings. The van der Waals surface area contributed by atoms with Crippen molar-refractivity contribution in [3.8, 4) is 16.9 Å². The van der Waals surface area contributed by atoms with Crippen LogP contribution in [-0.2, 0) is 0 Å². The minimum atomic E-state index is -0.956. The van der Waals surface area contributed by atoms with Gasteiger partial charge in [0.1, 0.15) is 5.75 Å². The number of carboxylic acid groups (broad SMARTS) is 1. The summed E-state index contributed by atoms with van der Waals surface area (Å²) in [7, 11) is 0. The fourth-order valence-corrected chi connectivity index (χ4v) is 2.26. The Labute approximate surface area is 120 Å². The number of benzene rings is 2. The summed E-state index contributed by atoms with van der Waals surface area (Å²) in [6, 6.07) is 12.6. The first-order chi connectivity index (χ1) is 9.13. The van der Waals surface area contributed by atoms with Gasteiger partial charge in [0, 0.05) is 10.0 Å². The van der Waals surface area contributed by atoms with E-state index in [0.717, 1.165) is 10.0 Å². The topological polar surface area (TPSA) is 46.5 Å². The monoisotopic (exact) mass is 320 g/mol. The Kier molecular flexibility index (Phi) is 4.22. The molecule has 0 saturated heterocycles. The molecule has 0 heterocycles. The average molecular weight is 321 g/mol. The molecule has 19 heavy (non-hydrogen) atoms. The van der Waals surface area contributed by atoms with Crippen molar-refractivity contribution in [1.29, 1.82) is 0 Å². The molecule has 98 valence electrons. The fraction of sp³-hybridized carbons (Fsp3) is 0.133. The lowest BCUT2D eigenvalue weighted by molar-refractivity contribution is 0.0697. The van der Waals surface area contributed by atoms with E-state index in [1.165, 1.54) is 0 Å². The molecule has 1 N–H and O–H groups in total. The number of aromatic carboxylic acids is 1. The molecule has 0 aliphatic rings. The second kappa shape index (κ2) is 5.89. The van der Waals surface area contributed by atoms with Crippen LogP contribution in [0.2, 0.25) is 0 Å². The molecule has 0 fully saturated rings. The van der Waals surface area contributed by atoms with Crippen molar-refractivity contribution >= 4 is 21.9 Å². The Hall–Kier alpha value is -1.81. The zero-order valence-electron chi connectivity index (χ0n) is 10.4. The summed E-state index contributed by atoms with van der Waals surface area (Å²) in [5.74, 6) is -0.266. The molecule has 2 aromatic carbocycles. The van der Waals surface area contributed by atoms with E-state index in [4.69, 9.17) is 4.74 Å². The van der Waals surface area contributed by atoms with Crippen molar-refractivity contribution in [3.63, 3.8) is 0 Å². The van der Waals surface area contributed by atoms with E-state index >= 15 is 0 Å². The van der Waals surface area contributed by atoms with E-state index in [-0.39, 0.29) is 5.56 Å². The lowest BCUT2D eigenvalue weighted by atomic mass is 9.99. The molecule has 0 spiro atoms. The molecule has 0 aliphatic heterocycles. The highest BCUT2D eigenvalue weighted by atomic mass is 79.9. The highest BCUT2D eigenvalue weighted by molar-refractivity contribution is 9.10. The van der Waals surface area contributed by atoms with E-state index in [0.29, 0.717) is 17.9 Å². The Morgan fingerprint density at radius 2 is 1.95 bits per heavy atom.